The zero-order valence-electron chi connectivity index (χ0n) is 14.8. The van der Waals surface area contributed by atoms with E-state index < -0.39 is 20.3 Å². The number of nitrogens with two attached hydrogens (primary N) is 1. The van der Waals surface area contributed by atoms with Crippen molar-refractivity contribution in [1.29, 1.82) is 0 Å². The third-order valence-electron chi connectivity index (χ3n) is 4.17. The third kappa shape index (κ3) is 3.84. The normalized spacial score (nSPS) is 11.8. The van der Waals surface area contributed by atoms with Gasteiger partial charge in [-0.05, 0) is 30.3 Å². The number of esters is 2. The van der Waals surface area contributed by atoms with Gasteiger partial charge in [-0.1, -0.05) is 20.8 Å². The Morgan fingerprint density at radius 2 is 1.57 bits per heavy atom. The third-order valence-corrected chi connectivity index (χ3v) is 8.51. The summed E-state index contributed by atoms with van der Waals surface area (Å²) in [5.41, 5.74) is 6.20. The van der Waals surface area contributed by atoms with E-state index in [4.69, 9.17) is 14.9 Å². The highest BCUT2D eigenvalue weighted by atomic mass is 28.4. The van der Waals surface area contributed by atoms with E-state index in [0.29, 0.717) is 5.75 Å². The molecule has 7 heteroatoms. The van der Waals surface area contributed by atoms with Gasteiger partial charge >= 0.3 is 11.9 Å². The summed E-state index contributed by atoms with van der Waals surface area (Å²) < 4.78 is 15.6. The minimum absolute atomic E-state index is 0.0319. The average molecular weight is 339 g/mol. The first-order chi connectivity index (χ1) is 10.5. The smallest absolute Gasteiger partial charge is 0.340 e. The molecule has 1 aromatic rings. The van der Waals surface area contributed by atoms with Crippen LogP contribution in [0.3, 0.4) is 0 Å². The number of hydrogen-bond donors (Lipinski definition) is 1. The summed E-state index contributed by atoms with van der Waals surface area (Å²) in [7, 11) is 0.316. The lowest BCUT2D eigenvalue weighted by molar-refractivity contribution is 0.0556. The van der Waals surface area contributed by atoms with Crippen molar-refractivity contribution in [2.24, 2.45) is 0 Å². The molecule has 0 aliphatic heterocycles. The molecule has 0 aliphatic carbocycles. The second kappa shape index (κ2) is 6.62. The molecule has 0 saturated heterocycles. The van der Waals surface area contributed by atoms with Crippen LogP contribution in [-0.4, -0.2) is 34.5 Å². The Bertz CT molecular complexity index is 620. The van der Waals surface area contributed by atoms with Crippen molar-refractivity contribution in [3.63, 3.8) is 0 Å². The summed E-state index contributed by atoms with van der Waals surface area (Å²) in [5.74, 6) is -0.982. The summed E-state index contributed by atoms with van der Waals surface area (Å²) in [6.07, 6.45) is 0. The molecule has 0 fully saturated rings. The lowest BCUT2D eigenvalue weighted by Crippen LogP contribution is -2.44. The number of hydrogen-bond acceptors (Lipinski definition) is 6. The summed E-state index contributed by atoms with van der Waals surface area (Å²) in [6.45, 7) is 10.4. The van der Waals surface area contributed by atoms with Gasteiger partial charge in [-0.25, -0.2) is 9.59 Å². The zero-order chi connectivity index (χ0) is 18.0. The fourth-order valence-electron chi connectivity index (χ4n) is 1.72. The monoisotopic (exact) mass is 339 g/mol. The van der Waals surface area contributed by atoms with Gasteiger partial charge in [-0.3, -0.25) is 0 Å². The summed E-state index contributed by atoms with van der Waals surface area (Å²) in [4.78, 5) is 23.9. The minimum atomic E-state index is -2.15. The van der Waals surface area contributed by atoms with E-state index in [2.05, 4.69) is 38.6 Å². The topological polar surface area (TPSA) is 87.9 Å². The van der Waals surface area contributed by atoms with Crippen molar-refractivity contribution in [3.05, 3.63) is 23.3 Å². The maximum atomic E-state index is 12.0. The largest absolute Gasteiger partial charge is 0.542 e. The van der Waals surface area contributed by atoms with E-state index in [0.717, 1.165) is 0 Å². The Balaban J connectivity index is 3.44. The van der Waals surface area contributed by atoms with Crippen LogP contribution in [0.4, 0.5) is 5.69 Å². The molecule has 0 amide bonds. The van der Waals surface area contributed by atoms with Crippen molar-refractivity contribution < 1.29 is 23.5 Å². The molecule has 0 heterocycles. The molecule has 0 unspecified atom stereocenters. The second-order valence-electron chi connectivity index (χ2n) is 6.75. The first-order valence-corrected chi connectivity index (χ1v) is 10.1. The number of rotatable bonds is 4. The fourth-order valence-corrected chi connectivity index (χ4v) is 2.75. The first kappa shape index (κ1) is 19.0. The zero-order valence-corrected chi connectivity index (χ0v) is 15.8. The summed E-state index contributed by atoms with van der Waals surface area (Å²) in [5, 5.41) is -0.0358. The van der Waals surface area contributed by atoms with Crippen LogP contribution >= 0.6 is 0 Å². The van der Waals surface area contributed by atoms with Crippen LogP contribution in [-0.2, 0) is 9.47 Å². The van der Waals surface area contributed by atoms with Gasteiger partial charge in [0.2, 0.25) is 0 Å². The average Bonchev–Trinajstić information content (AvgIpc) is 2.46. The Labute approximate surface area is 138 Å². The van der Waals surface area contributed by atoms with Gasteiger partial charge in [0.25, 0.3) is 8.32 Å². The minimum Gasteiger partial charge on any atom is -0.542 e. The molecular weight excluding hydrogens is 314 g/mol. The molecular formula is C16H25NO5Si. The summed E-state index contributed by atoms with van der Waals surface area (Å²) >= 11 is 0. The number of carbonyl (C=O) groups excluding carboxylic acids is 2. The maximum absolute atomic E-state index is 12.0. The number of nitrogen functional groups attached to an aromatic ring is 1. The van der Waals surface area contributed by atoms with E-state index in [1.54, 1.807) is 6.07 Å². The van der Waals surface area contributed by atoms with E-state index in [-0.39, 0.29) is 21.9 Å². The van der Waals surface area contributed by atoms with Gasteiger partial charge in [0.05, 0.1) is 25.5 Å². The first-order valence-electron chi connectivity index (χ1n) is 7.24. The molecule has 6 nitrogen and oxygen atoms in total. The van der Waals surface area contributed by atoms with Crippen molar-refractivity contribution >= 4 is 25.9 Å². The Morgan fingerprint density at radius 3 is 2.00 bits per heavy atom. The van der Waals surface area contributed by atoms with Crippen molar-refractivity contribution in [2.75, 3.05) is 20.0 Å². The number of anilines is 1. The molecule has 0 aromatic heterocycles. The molecule has 128 valence electrons. The predicted molar refractivity (Wildman–Crippen MR) is 91.4 cm³/mol. The van der Waals surface area contributed by atoms with Crippen LogP contribution in [0.1, 0.15) is 41.5 Å². The van der Waals surface area contributed by atoms with Crippen LogP contribution in [0.15, 0.2) is 12.1 Å². The molecule has 1 aromatic carbocycles. The van der Waals surface area contributed by atoms with Crippen LogP contribution in [0, 0.1) is 0 Å². The summed E-state index contributed by atoms with van der Waals surface area (Å²) in [6, 6.07) is 3.06. The number of methoxy groups -OCH3 is 2. The molecule has 2 N–H and O–H groups in total. The van der Waals surface area contributed by atoms with Crippen molar-refractivity contribution in [2.45, 2.75) is 38.9 Å². The van der Waals surface area contributed by atoms with Crippen LogP contribution in [0.5, 0.6) is 5.75 Å². The quantitative estimate of drug-likeness (QED) is 0.515. The van der Waals surface area contributed by atoms with Gasteiger partial charge in [0.15, 0.2) is 0 Å². The number of carbonyl (C=O) groups is 2. The lowest BCUT2D eigenvalue weighted by atomic mass is 10.0. The van der Waals surface area contributed by atoms with Gasteiger partial charge in [0.1, 0.15) is 11.3 Å². The van der Waals surface area contributed by atoms with Crippen LogP contribution in [0.25, 0.3) is 0 Å². The van der Waals surface area contributed by atoms with Crippen molar-refractivity contribution in [1.82, 2.24) is 0 Å². The SMILES string of the molecule is COC(=O)c1ccc(O[Si](C)(C)C(C)(C)C)c(N)c1C(=O)OC. The Hall–Kier alpha value is -2.02. The van der Waals surface area contributed by atoms with Gasteiger partial charge < -0.3 is 19.6 Å². The highest BCUT2D eigenvalue weighted by Gasteiger charge is 2.40. The van der Waals surface area contributed by atoms with Gasteiger partial charge in [0, 0.05) is 0 Å². The molecule has 0 spiro atoms. The Kier molecular flexibility index (Phi) is 5.47. The molecule has 0 saturated carbocycles. The molecule has 23 heavy (non-hydrogen) atoms. The Morgan fingerprint density at radius 1 is 1.04 bits per heavy atom. The van der Waals surface area contributed by atoms with E-state index in [9.17, 15) is 9.59 Å². The van der Waals surface area contributed by atoms with Gasteiger partial charge in [-0.15, -0.1) is 0 Å². The highest BCUT2D eigenvalue weighted by molar-refractivity contribution is 6.74. The van der Waals surface area contributed by atoms with Crippen LogP contribution in [0.2, 0.25) is 18.1 Å². The lowest BCUT2D eigenvalue weighted by Gasteiger charge is -2.37. The second-order valence-corrected chi connectivity index (χ2v) is 11.5. The highest BCUT2D eigenvalue weighted by Crippen LogP contribution is 2.40. The molecule has 0 bridgehead atoms. The van der Waals surface area contributed by atoms with Crippen LogP contribution < -0.4 is 10.2 Å². The van der Waals surface area contributed by atoms with E-state index in [1.807, 2.05) is 0 Å². The molecule has 0 radical (unpaired) electrons. The predicted octanol–water partition coefficient (Wildman–Crippen LogP) is 3.23. The van der Waals surface area contributed by atoms with Crippen molar-refractivity contribution in [3.8, 4) is 5.75 Å². The number of ether oxygens (including phenoxy) is 2. The molecule has 0 atom stereocenters. The molecule has 1 rings (SSSR count). The maximum Gasteiger partial charge on any atom is 0.340 e. The van der Waals surface area contributed by atoms with Gasteiger partial charge in [-0.2, -0.15) is 0 Å². The standard InChI is InChI=1S/C16H25NO5Si/c1-16(2,3)23(6,7)22-11-9-8-10(14(18)20-4)12(13(11)17)15(19)21-5/h8-9H,17H2,1-7H3. The molecule has 0 aliphatic rings. The fraction of sp³-hybridized carbons (Fsp3) is 0.500. The number of benzene rings is 1. The van der Waals surface area contributed by atoms with E-state index >= 15 is 0 Å². The van der Waals surface area contributed by atoms with E-state index in [1.165, 1.54) is 20.3 Å².